The van der Waals surface area contributed by atoms with Gasteiger partial charge in [0, 0.05) is 13.0 Å². The summed E-state index contributed by atoms with van der Waals surface area (Å²) in [5.41, 5.74) is 1.74. The Hall–Kier alpha value is -2.94. The molecule has 4 amide bonds. The molecule has 34 heavy (non-hydrogen) atoms. The van der Waals surface area contributed by atoms with Crippen LogP contribution in [0, 0.1) is 17.8 Å². The lowest BCUT2D eigenvalue weighted by Crippen LogP contribution is -2.62. The summed E-state index contributed by atoms with van der Waals surface area (Å²) in [4.78, 5) is 53.9. The normalized spacial score (nSPS) is 31.9. The van der Waals surface area contributed by atoms with Crippen LogP contribution in [-0.4, -0.2) is 55.5 Å². The third-order valence-corrected chi connectivity index (χ3v) is 8.39. The van der Waals surface area contributed by atoms with Gasteiger partial charge >= 0.3 is 12.0 Å². The molecule has 1 heterocycles. The van der Waals surface area contributed by atoms with Crippen LogP contribution in [0.1, 0.15) is 73.7 Å². The van der Waals surface area contributed by atoms with Crippen molar-refractivity contribution in [2.75, 3.05) is 0 Å². The number of amides is 4. The summed E-state index contributed by atoms with van der Waals surface area (Å²) < 4.78 is 0. The number of urea groups is 1. The molecule has 1 aromatic rings. The number of hydrogen-bond donors (Lipinski definition) is 3. The van der Waals surface area contributed by atoms with Crippen molar-refractivity contribution in [3.05, 3.63) is 35.4 Å². The molecular formula is C25H31N3O6. The molecule has 1 atom stereocenters. The van der Waals surface area contributed by atoms with Crippen molar-refractivity contribution in [1.29, 1.82) is 0 Å². The molecule has 1 aromatic carbocycles. The van der Waals surface area contributed by atoms with Crippen LogP contribution in [0.2, 0.25) is 0 Å². The van der Waals surface area contributed by atoms with E-state index < -0.39 is 23.5 Å². The molecule has 0 radical (unpaired) electrons. The number of carboxylic acid groups (broad SMARTS) is 1. The van der Waals surface area contributed by atoms with Crippen molar-refractivity contribution in [3.63, 3.8) is 0 Å². The average Bonchev–Trinajstić information content (AvgIpc) is 3.02. The van der Waals surface area contributed by atoms with E-state index in [4.69, 9.17) is 5.21 Å². The van der Waals surface area contributed by atoms with Gasteiger partial charge in [0.15, 0.2) is 0 Å². The first-order valence-electron chi connectivity index (χ1n) is 12.2. The number of nitrogens with one attached hydrogen (secondary N) is 1. The first kappa shape index (κ1) is 22.8. The maximum absolute atomic E-state index is 13.8. The van der Waals surface area contributed by atoms with E-state index in [9.17, 15) is 24.3 Å². The molecule has 4 aliphatic carbocycles. The van der Waals surface area contributed by atoms with Crippen LogP contribution in [0.3, 0.4) is 0 Å². The molecule has 4 saturated carbocycles. The van der Waals surface area contributed by atoms with Gasteiger partial charge in [0.2, 0.25) is 5.91 Å². The highest BCUT2D eigenvalue weighted by molar-refractivity contribution is 6.05. The molecular weight excluding hydrogens is 438 g/mol. The lowest BCUT2D eigenvalue weighted by Gasteiger charge is -2.58. The van der Waals surface area contributed by atoms with Gasteiger partial charge in [0.1, 0.15) is 6.04 Å². The Bertz CT molecular complexity index is 988. The van der Waals surface area contributed by atoms with Gasteiger partial charge in [-0.2, -0.15) is 0 Å². The fraction of sp³-hybridized carbons (Fsp3) is 0.600. The Morgan fingerprint density at radius 1 is 1.03 bits per heavy atom. The minimum atomic E-state index is -1.08. The highest BCUT2D eigenvalue weighted by Gasteiger charge is 2.60. The molecule has 1 saturated heterocycles. The molecule has 5 aliphatic rings. The van der Waals surface area contributed by atoms with Crippen LogP contribution in [0.25, 0.3) is 0 Å². The van der Waals surface area contributed by atoms with Crippen LogP contribution in [-0.2, 0) is 16.1 Å². The van der Waals surface area contributed by atoms with E-state index in [2.05, 4.69) is 0 Å². The van der Waals surface area contributed by atoms with E-state index in [0.717, 1.165) is 19.3 Å². The first-order valence-corrected chi connectivity index (χ1v) is 12.2. The average molecular weight is 470 g/mol. The van der Waals surface area contributed by atoms with Crippen LogP contribution < -0.4 is 5.48 Å². The lowest BCUT2D eigenvalue weighted by atomic mass is 9.52. The second-order valence-corrected chi connectivity index (χ2v) is 10.6. The van der Waals surface area contributed by atoms with Crippen molar-refractivity contribution in [1.82, 2.24) is 15.3 Å². The second kappa shape index (κ2) is 8.69. The summed E-state index contributed by atoms with van der Waals surface area (Å²) in [6.07, 6.45) is 6.75. The zero-order chi connectivity index (χ0) is 24.0. The van der Waals surface area contributed by atoms with Gasteiger partial charge in [-0.25, -0.2) is 15.1 Å². The number of hydrogen-bond acceptors (Lipinski definition) is 5. The monoisotopic (exact) mass is 469 g/mol. The number of hydroxylamine groups is 1. The number of carbonyl (C=O) groups excluding carboxylic acids is 3. The van der Waals surface area contributed by atoms with Gasteiger partial charge in [-0.05, 0) is 80.8 Å². The Morgan fingerprint density at radius 2 is 1.65 bits per heavy atom. The van der Waals surface area contributed by atoms with Gasteiger partial charge < -0.3 is 10.0 Å². The van der Waals surface area contributed by atoms with Crippen molar-refractivity contribution < 1.29 is 29.5 Å². The Kier molecular flexibility index (Phi) is 5.83. The van der Waals surface area contributed by atoms with E-state index in [1.807, 2.05) is 0 Å². The van der Waals surface area contributed by atoms with Gasteiger partial charge in [-0.3, -0.25) is 19.7 Å². The largest absolute Gasteiger partial charge is 0.478 e. The maximum Gasteiger partial charge on any atom is 0.336 e. The molecule has 3 N–H and O–H groups in total. The summed E-state index contributed by atoms with van der Waals surface area (Å²) in [6.45, 7) is 0.0206. The van der Waals surface area contributed by atoms with Crippen LogP contribution in [0.15, 0.2) is 24.3 Å². The zero-order valence-corrected chi connectivity index (χ0v) is 19.1. The van der Waals surface area contributed by atoms with Crippen molar-refractivity contribution in [2.24, 2.45) is 17.8 Å². The molecule has 182 valence electrons. The summed E-state index contributed by atoms with van der Waals surface area (Å²) in [7, 11) is 0. The predicted molar refractivity (Wildman–Crippen MR) is 120 cm³/mol. The molecule has 1 unspecified atom stereocenters. The van der Waals surface area contributed by atoms with Gasteiger partial charge in [0.25, 0.3) is 5.91 Å². The molecule has 9 nitrogen and oxygen atoms in total. The third kappa shape index (κ3) is 3.85. The van der Waals surface area contributed by atoms with Crippen molar-refractivity contribution in [3.8, 4) is 0 Å². The number of carbonyl (C=O) groups is 4. The summed E-state index contributed by atoms with van der Waals surface area (Å²) in [6, 6.07) is 5.43. The van der Waals surface area contributed by atoms with Gasteiger partial charge in [-0.15, -0.1) is 0 Å². The van der Waals surface area contributed by atoms with E-state index in [0.29, 0.717) is 29.7 Å². The molecule has 9 heteroatoms. The number of carboxylic acids is 1. The lowest BCUT2D eigenvalue weighted by molar-refractivity contribution is -0.141. The third-order valence-electron chi connectivity index (χ3n) is 8.39. The van der Waals surface area contributed by atoms with Crippen molar-refractivity contribution in [2.45, 2.75) is 75.9 Å². The molecule has 1 aliphatic heterocycles. The molecule has 0 aromatic heterocycles. The Morgan fingerprint density at radius 3 is 2.24 bits per heavy atom. The SMILES string of the molecule is O=C(CCCC1C(=O)N(C23CC4CC(CC(C4)C2)C3)C(=O)N1Cc1ccccc1C(=O)O)NO. The number of imide groups is 1. The molecule has 4 bridgehead atoms. The smallest absolute Gasteiger partial charge is 0.336 e. The highest BCUT2D eigenvalue weighted by atomic mass is 16.5. The van der Waals surface area contributed by atoms with Gasteiger partial charge in [0.05, 0.1) is 11.1 Å². The molecule has 6 rings (SSSR count). The number of nitrogens with zero attached hydrogens (tertiary/aromatic N) is 2. The minimum Gasteiger partial charge on any atom is -0.478 e. The Balaban J connectivity index is 1.44. The molecule has 5 fully saturated rings. The second-order valence-electron chi connectivity index (χ2n) is 10.6. The highest BCUT2D eigenvalue weighted by Crippen LogP contribution is 2.58. The zero-order valence-electron chi connectivity index (χ0n) is 19.1. The quantitative estimate of drug-likeness (QED) is 0.305. The predicted octanol–water partition coefficient (Wildman–Crippen LogP) is 3.16. The number of aromatic carboxylic acids is 1. The van der Waals surface area contributed by atoms with E-state index in [1.165, 1.54) is 35.1 Å². The number of benzene rings is 1. The van der Waals surface area contributed by atoms with Crippen LogP contribution in [0.4, 0.5) is 4.79 Å². The van der Waals surface area contributed by atoms with E-state index in [-0.39, 0.29) is 36.9 Å². The van der Waals surface area contributed by atoms with Gasteiger partial charge in [-0.1, -0.05) is 18.2 Å². The van der Waals surface area contributed by atoms with Crippen molar-refractivity contribution >= 4 is 23.8 Å². The van der Waals surface area contributed by atoms with Crippen LogP contribution in [0.5, 0.6) is 0 Å². The summed E-state index contributed by atoms with van der Waals surface area (Å²) in [5.74, 6) is -0.190. The standard InChI is InChI=1S/C25H31N3O6/c29-21(26-34)7-3-6-20-22(30)28(25-11-15-8-16(12-25)10-17(9-15)13-25)24(33)27(20)14-18-4-1-2-5-19(18)23(31)32/h1-2,4-5,15-17,20,34H,3,6-14H2,(H,26,29)(H,31,32). The maximum atomic E-state index is 13.8. The fourth-order valence-corrected chi connectivity index (χ4v) is 7.43. The van der Waals surface area contributed by atoms with E-state index >= 15 is 0 Å². The first-order chi connectivity index (χ1) is 16.3. The topological polar surface area (TPSA) is 127 Å². The van der Waals surface area contributed by atoms with E-state index in [1.54, 1.807) is 23.7 Å². The fourth-order valence-electron chi connectivity index (χ4n) is 7.43. The minimum absolute atomic E-state index is 0.0206. The summed E-state index contributed by atoms with van der Waals surface area (Å²) >= 11 is 0. The summed E-state index contributed by atoms with van der Waals surface area (Å²) in [5, 5.41) is 18.4. The molecule has 0 spiro atoms. The number of rotatable bonds is 8. The Labute approximate surface area is 198 Å². The van der Waals surface area contributed by atoms with Crippen LogP contribution >= 0.6 is 0 Å².